The van der Waals surface area contributed by atoms with Crippen LogP contribution in [0.4, 0.5) is 20.7 Å². The number of hydrazine groups is 1. The van der Waals surface area contributed by atoms with E-state index in [1.54, 1.807) is 54.6 Å². The first kappa shape index (κ1) is 44.3. The molecule has 0 spiro atoms. The summed E-state index contributed by atoms with van der Waals surface area (Å²) in [6.45, 7) is 8.90. The Morgan fingerprint density at radius 2 is 1.23 bits per heavy atom. The number of likely N-dealkylation sites (tertiary alicyclic amines) is 1. The molecule has 0 unspecified atom stereocenters. The molecule has 2 saturated heterocycles. The van der Waals surface area contributed by atoms with Gasteiger partial charge in [-0.3, -0.25) is 9.91 Å². The predicted octanol–water partition coefficient (Wildman–Crippen LogP) is 11.5. The molecule has 4 heterocycles. The Morgan fingerprint density at radius 1 is 0.688 bits per heavy atom. The lowest BCUT2D eigenvalue weighted by molar-refractivity contribution is 0.184. The zero-order valence-corrected chi connectivity index (χ0v) is 39.2. The van der Waals surface area contributed by atoms with Crippen LogP contribution in [0.25, 0.3) is 44.3 Å². The van der Waals surface area contributed by atoms with E-state index in [0.717, 1.165) is 53.1 Å². The van der Waals surface area contributed by atoms with Crippen molar-refractivity contribution in [1.29, 1.82) is 0 Å². The van der Waals surface area contributed by atoms with Crippen LogP contribution < -0.4 is 24.8 Å². The van der Waals surface area contributed by atoms with Crippen molar-refractivity contribution in [2.45, 2.75) is 58.2 Å². The van der Waals surface area contributed by atoms with Crippen LogP contribution in [0.1, 0.15) is 45.1 Å². The van der Waals surface area contributed by atoms with E-state index in [4.69, 9.17) is 52.6 Å². The Kier molecular flexibility index (Phi) is 13.6. The molecule has 2 aliphatic heterocycles. The summed E-state index contributed by atoms with van der Waals surface area (Å²) in [6, 6.07) is 28.5. The highest BCUT2D eigenvalue weighted by Gasteiger charge is 2.32. The molecule has 64 heavy (non-hydrogen) atoms. The number of piperidine rings is 2. The lowest BCUT2D eigenvalue weighted by atomic mass is 10.0. The number of halogens is 5. The van der Waals surface area contributed by atoms with Crippen LogP contribution in [-0.4, -0.2) is 76.3 Å². The minimum Gasteiger partial charge on any atom is -0.493 e. The lowest BCUT2D eigenvalue weighted by Crippen LogP contribution is -2.57. The third-order valence-electron chi connectivity index (χ3n) is 11.9. The zero-order chi connectivity index (χ0) is 44.3. The SMILES string of the molecule is CCOc1cc(CN2CCC(NN(c3nc(-c4ccccc4F)c4cc(Cl)ccc4n3)C3CCN(c4nc(-c5ccccc5F)c5cc(Cl)ccc5n4)CC3)CC2)cc(OCC)c1I. The Balaban J connectivity index is 1.01. The van der Waals surface area contributed by atoms with Gasteiger partial charge in [0.2, 0.25) is 11.9 Å². The molecule has 0 atom stereocenters. The van der Waals surface area contributed by atoms with E-state index in [0.29, 0.717) is 105 Å². The van der Waals surface area contributed by atoms with Gasteiger partial charge in [0.15, 0.2) is 0 Å². The monoisotopic (exact) mass is 1010 g/mol. The highest BCUT2D eigenvalue weighted by Crippen LogP contribution is 2.37. The predicted molar refractivity (Wildman–Crippen MR) is 261 cm³/mol. The minimum atomic E-state index is -0.379. The second-order valence-electron chi connectivity index (χ2n) is 16.1. The average Bonchev–Trinajstić information content (AvgIpc) is 3.30. The summed E-state index contributed by atoms with van der Waals surface area (Å²) in [6.07, 6.45) is 3.18. The van der Waals surface area contributed by atoms with Crippen molar-refractivity contribution in [2.24, 2.45) is 0 Å². The van der Waals surface area contributed by atoms with Crippen molar-refractivity contribution >= 4 is 79.5 Å². The number of nitrogens with one attached hydrogen (secondary N) is 1. The van der Waals surface area contributed by atoms with Gasteiger partial charge in [-0.25, -0.2) is 34.1 Å². The quantitative estimate of drug-likeness (QED) is 0.0889. The summed E-state index contributed by atoms with van der Waals surface area (Å²) < 4.78 is 43.8. The van der Waals surface area contributed by atoms with Gasteiger partial charge < -0.3 is 14.4 Å². The molecule has 2 aliphatic rings. The number of anilines is 2. The van der Waals surface area contributed by atoms with Gasteiger partial charge >= 0.3 is 0 Å². The third kappa shape index (κ3) is 9.55. The second-order valence-corrected chi connectivity index (χ2v) is 18.0. The first-order valence-electron chi connectivity index (χ1n) is 21.7. The van der Waals surface area contributed by atoms with Crippen molar-refractivity contribution in [3.05, 3.63) is 128 Å². The van der Waals surface area contributed by atoms with Gasteiger partial charge in [-0.05, 0) is 140 Å². The fraction of sp³-hybridized carbons (Fsp3) is 0.306. The summed E-state index contributed by atoms with van der Waals surface area (Å²) in [5, 5.41) is 4.51. The molecule has 1 N–H and O–H groups in total. The van der Waals surface area contributed by atoms with Gasteiger partial charge in [0.1, 0.15) is 23.1 Å². The van der Waals surface area contributed by atoms with E-state index in [1.165, 1.54) is 12.1 Å². The van der Waals surface area contributed by atoms with Crippen LogP contribution in [0.3, 0.4) is 0 Å². The van der Waals surface area contributed by atoms with Gasteiger partial charge in [0.05, 0.1) is 45.2 Å². The summed E-state index contributed by atoms with van der Waals surface area (Å²) in [5.74, 6) is 1.92. The molecule has 2 aromatic heterocycles. The molecule has 9 rings (SSSR count). The largest absolute Gasteiger partial charge is 0.493 e. The van der Waals surface area contributed by atoms with Gasteiger partial charge in [-0.15, -0.1) is 0 Å². The van der Waals surface area contributed by atoms with E-state index in [9.17, 15) is 0 Å². The topological polar surface area (TPSA) is 91.8 Å². The van der Waals surface area contributed by atoms with E-state index in [-0.39, 0.29) is 23.7 Å². The van der Waals surface area contributed by atoms with E-state index >= 15 is 8.78 Å². The van der Waals surface area contributed by atoms with Crippen molar-refractivity contribution in [3.8, 4) is 34.0 Å². The molecule has 7 aromatic rings. The van der Waals surface area contributed by atoms with Crippen molar-refractivity contribution in [1.82, 2.24) is 30.3 Å². The summed E-state index contributed by atoms with van der Waals surface area (Å²) in [5.41, 5.74) is 8.11. The number of rotatable bonds is 13. The van der Waals surface area contributed by atoms with Crippen LogP contribution in [0.5, 0.6) is 11.5 Å². The number of hydrogen-bond acceptors (Lipinski definition) is 10. The highest BCUT2D eigenvalue weighted by molar-refractivity contribution is 14.1. The molecule has 0 radical (unpaired) electrons. The summed E-state index contributed by atoms with van der Waals surface area (Å²) in [4.78, 5) is 24.8. The van der Waals surface area contributed by atoms with Crippen LogP contribution in [0.2, 0.25) is 10.0 Å². The van der Waals surface area contributed by atoms with Crippen LogP contribution in [0, 0.1) is 15.2 Å². The molecule has 2 fully saturated rings. The molecule has 0 amide bonds. The van der Waals surface area contributed by atoms with Crippen LogP contribution in [0.15, 0.2) is 97.1 Å². The van der Waals surface area contributed by atoms with E-state index < -0.39 is 0 Å². The zero-order valence-electron chi connectivity index (χ0n) is 35.5. The fourth-order valence-corrected chi connectivity index (χ4v) is 9.67. The van der Waals surface area contributed by atoms with Gasteiger partial charge in [-0.1, -0.05) is 47.5 Å². The van der Waals surface area contributed by atoms with Crippen LogP contribution in [-0.2, 0) is 6.54 Å². The molecule has 330 valence electrons. The first-order valence-corrected chi connectivity index (χ1v) is 23.5. The summed E-state index contributed by atoms with van der Waals surface area (Å²) in [7, 11) is 0. The van der Waals surface area contributed by atoms with Crippen molar-refractivity contribution in [2.75, 3.05) is 49.3 Å². The molecule has 0 saturated carbocycles. The maximum absolute atomic E-state index is 15.6. The highest BCUT2D eigenvalue weighted by atomic mass is 127. The fourth-order valence-electron chi connectivity index (χ4n) is 8.71. The number of fused-ring (bicyclic) bond motifs is 2. The van der Waals surface area contributed by atoms with Crippen molar-refractivity contribution in [3.63, 3.8) is 0 Å². The number of nitrogens with zero attached hydrogens (tertiary/aromatic N) is 7. The molecule has 0 bridgehead atoms. The average molecular weight is 1020 g/mol. The molecule has 5 aromatic carbocycles. The number of aromatic nitrogens is 4. The number of hydrogen-bond donors (Lipinski definition) is 1. The Morgan fingerprint density at radius 3 is 1.80 bits per heavy atom. The van der Waals surface area contributed by atoms with Gasteiger partial charge in [-0.2, -0.15) is 0 Å². The Bertz CT molecular complexity index is 2780. The standard InChI is InChI=1S/C49H47Cl2F2IN8O2/c1-3-63-43-25-30(26-44(45(43)54)64-4-2)29-60-21-17-33(18-22-60)59-62(49-56-42-16-14-32(51)28-38(42)47(58-49)36-10-6-8-12-40(36)53)34-19-23-61(24-20-34)48-55-41-15-13-31(50)27-37(41)46(57-48)35-9-5-7-11-39(35)52/h5-16,25-28,33-34,59H,3-4,17-24,29H2,1-2H3. The number of benzene rings is 5. The first-order chi connectivity index (χ1) is 31.1. The Hall–Kier alpha value is -4.93. The maximum Gasteiger partial charge on any atom is 0.241 e. The Labute approximate surface area is 395 Å². The van der Waals surface area contributed by atoms with Gasteiger partial charge in [0.25, 0.3) is 0 Å². The summed E-state index contributed by atoms with van der Waals surface area (Å²) >= 11 is 15.2. The van der Waals surface area contributed by atoms with Crippen molar-refractivity contribution < 1.29 is 18.3 Å². The molecule has 10 nitrogen and oxygen atoms in total. The van der Waals surface area contributed by atoms with Crippen LogP contribution >= 0.6 is 45.8 Å². The van der Waals surface area contributed by atoms with E-state index in [1.807, 2.05) is 32.0 Å². The molecule has 0 aliphatic carbocycles. The lowest BCUT2D eigenvalue weighted by Gasteiger charge is -2.42. The molecule has 15 heteroatoms. The smallest absolute Gasteiger partial charge is 0.241 e. The number of ether oxygens (including phenoxy) is 2. The minimum absolute atomic E-state index is 0.0430. The molecular formula is C49H47Cl2F2IN8O2. The van der Waals surface area contributed by atoms with E-state index in [2.05, 4.69) is 55.0 Å². The van der Waals surface area contributed by atoms with Gasteiger partial charge in [0, 0.05) is 70.7 Å². The second kappa shape index (κ2) is 19.7. The normalized spacial score (nSPS) is 15.3. The third-order valence-corrected chi connectivity index (χ3v) is 13.4. The maximum atomic E-state index is 15.6. The molecular weight excluding hydrogens is 968 g/mol.